The first-order valence-corrected chi connectivity index (χ1v) is 4.53. The van der Waals surface area contributed by atoms with Gasteiger partial charge in [0.25, 0.3) is 0 Å². The highest BCUT2D eigenvalue weighted by atomic mass is 16.3. The van der Waals surface area contributed by atoms with E-state index < -0.39 is 0 Å². The van der Waals surface area contributed by atoms with Gasteiger partial charge in [0.2, 0.25) is 0 Å². The van der Waals surface area contributed by atoms with Crippen molar-refractivity contribution in [1.29, 1.82) is 0 Å². The third-order valence-corrected chi connectivity index (χ3v) is 2.11. The molecule has 4 heteroatoms. The molecule has 0 aliphatic carbocycles. The molecule has 1 heterocycles. The molecular formula is C8H19N3O. The Morgan fingerprint density at radius 1 is 1.33 bits per heavy atom. The fourth-order valence-electron chi connectivity index (χ4n) is 1.23. The Balaban J connectivity index is 2.09. The van der Waals surface area contributed by atoms with E-state index in [1.54, 1.807) is 6.92 Å². The minimum Gasteiger partial charge on any atom is -0.392 e. The van der Waals surface area contributed by atoms with E-state index >= 15 is 0 Å². The van der Waals surface area contributed by atoms with Crippen LogP contribution in [0.15, 0.2) is 0 Å². The molecule has 0 aromatic carbocycles. The summed E-state index contributed by atoms with van der Waals surface area (Å²) in [5.41, 5.74) is 3.20. The molecule has 12 heavy (non-hydrogen) atoms. The van der Waals surface area contributed by atoms with E-state index in [0.29, 0.717) is 6.54 Å². The van der Waals surface area contributed by atoms with Gasteiger partial charge >= 0.3 is 0 Å². The summed E-state index contributed by atoms with van der Waals surface area (Å²) < 4.78 is 0. The maximum atomic E-state index is 9.04. The second-order valence-electron chi connectivity index (χ2n) is 3.50. The Kier molecular flexibility index (Phi) is 3.94. The van der Waals surface area contributed by atoms with E-state index in [1.165, 1.54) is 0 Å². The van der Waals surface area contributed by atoms with Gasteiger partial charge in [-0.1, -0.05) is 0 Å². The highest BCUT2D eigenvalue weighted by Gasteiger charge is 2.12. The Labute approximate surface area is 74.1 Å². The maximum absolute atomic E-state index is 9.04. The smallest absolute Gasteiger partial charge is 0.0650 e. The average molecular weight is 173 g/mol. The molecule has 1 aliphatic rings. The predicted octanol–water partition coefficient (Wildman–Crippen LogP) is -0.881. The minimum absolute atomic E-state index is 0.260. The minimum atomic E-state index is -0.260. The Hall–Kier alpha value is -0.160. The lowest BCUT2D eigenvalue weighted by Crippen LogP contribution is -2.52. The molecule has 1 saturated heterocycles. The lowest BCUT2D eigenvalue weighted by molar-refractivity contribution is 0.0794. The maximum Gasteiger partial charge on any atom is 0.0650 e. The first kappa shape index (κ1) is 9.92. The number of nitrogens with one attached hydrogen (secondary N) is 1. The summed E-state index contributed by atoms with van der Waals surface area (Å²) >= 11 is 0. The zero-order chi connectivity index (χ0) is 8.97. The third kappa shape index (κ3) is 3.49. The van der Waals surface area contributed by atoms with Crippen LogP contribution in [-0.4, -0.2) is 60.9 Å². The summed E-state index contributed by atoms with van der Waals surface area (Å²) in [7, 11) is 2.13. The lowest BCUT2D eigenvalue weighted by Gasteiger charge is -2.32. The van der Waals surface area contributed by atoms with Gasteiger partial charge in [-0.2, -0.15) is 0 Å². The van der Waals surface area contributed by atoms with E-state index in [4.69, 9.17) is 5.11 Å². The second kappa shape index (κ2) is 4.77. The van der Waals surface area contributed by atoms with Crippen molar-refractivity contribution in [1.82, 2.24) is 15.3 Å². The van der Waals surface area contributed by atoms with Crippen molar-refractivity contribution in [2.45, 2.75) is 13.0 Å². The molecule has 0 aromatic rings. The summed E-state index contributed by atoms with van der Waals surface area (Å²) in [6.07, 6.45) is -0.260. The van der Waals surface area contributed by atoms with E-state index in [2.05, 4.69) is 22.4 Å². The highest BCUT2D eigenvalue weighted by Crippen LogP contribution is 1.94. The monoisotopic (exact) mass is 173 g/mol. The van der Waals surface area contributed by atoms with Crippen LogP contribution < -0.4 is 5.43 Å². The molecule has 4 nitrogen and oxygen atoms in total. The number of piperazine rings is 1. The average Bonchev–Trinajstić information content (AvgIpc) is 2.03. The normalized spacial score (nSPS) is 24.2. The van der Waals surface area contributed by atoms with E-state index in [9.17, 15) is 0 Å². The molecule has 0 amide bonds. The molecule has 2 N–H and O–H groups in total. The molecule has 1 atom stereocenters. The fourth-order valence-corrected chi connectivity index (χ4v) is 1.23. The number of aliphatic hydroxyl groups excluding tert-OH is 1. The van der Waals surface area contributed by atoms with Crippen molar-refractivity contribution in [3.8, 4) is 0 Å². The van der Waals surface area contributed by atoms with Crippen molar-refractivity contribution < 1.29 is 5.11 Å². The molecule has 0 unspecified atom stereocenters. The molecule has 0 bridgehead atoms. The summed E-state index contributed by atoms with van der Waals surface area (Å²) in [6.45, 7) is 6.75. The van der Waals surface area contributed by atoms with Gasteiger partial charge < -0.3 is 10.0 Å². The summed E-state index contributed by atoms with van der Waals surface area (Å²) in [4.78, 5) is 2.31. The van der Waals surface area contributed by atoms with Gasteiger partial charge in [0, 0.05) is 32.7 Å². The Morgan fingerprint density at radius 3 is 2.42 bits per heavy atom. The van der Waals surface area contributed by atoms with Crippen LogP contribution in [0, 0.1) is 0 Å². The molecule has 0 radical (unpaired) electrons. The van der Waals surface area contributed by atoms with Crippen LogP contribution in [0.25, 0.3) is 0 Å². The number of hydrazine groups is 1. The van der Waals surface area contributed by atoms with Crippen LogP contribution >= 0.6 is 0 Å². The van der Waals surface area contributed by atoms with E-state index in [1.807, 2.05) is 0 Å². The number of hydrogen-bond donors (Lipinski definition) is 2. The van der Waals surface area contributed by atoms with Crippen molar-refractivity contribution in [3.05, 3.63) is 0 Å². The summed E-state index contributed by atoms with van der Waals surface area (Å²) in [5, 5.41) is 11.2. The summed E-state index contributed by atoms with van der Waals surface area (Å²) in [5.74, 6) is 0. The van der Waals surface area contributed by atoms with Crippen molar-refractivity contribution in [2.75, 3.05) is 39.8 Å². The van der Waals surface area contributed by atoms with Crippen molar-refractivity contribution in [3.63, 3.8) is 0 Å². The standard InChI is InChI=1S/C8H19N3O/c1-8(12)7-9-11-5-3-10(2)4-6-11/h8-9,12H,3-7H2,1-2H3/t8-/m0/s1. The van der Waals surface area contributed by atoms with Gasteiger partial charge in [-0.15, -0.1) is 0 Å². The molecule has 0 aromatic heterocycles. The van der Waals surface area contributed by atoms with Crippen LogP contribution in [0.3, 0.4) is 0 Å². The largest absolute Gasteiger partial charge is 0.392 e. The summed E-state index contributed by atoms with van der Waals surface area (Å²) in [6, 6.07) is 0. The number of rotatable bonds is 3. The van der Waals surface area contributed by atoms with Crippen LogP contribution in [0.5, 0.6) is 0 Å². The van der Waals surface area contributed by atoms with Crippen molar-refractivity contribution in [2.24, 2.45) is 0 Å². The number of nitrogens with zero attached hydrogens (tertiary/aromatic N) is 2. The first-order chi connectivity index (χ1) is 5.68. The van der Waals surface area contributed by atoms with Gasteiger partial charge in [0.05, 0.1) is 6.10 Å². The zero-order valence-corrected chi connectivity index (χ0v) is 7.95. The van der Waals surface area contributed by atoms with Crippen LogP contribution in [0.1, 0.15) is 6.92 Å². The molecule has 0 saturated carbocycles. The SMILES string of the molecule is C[C@H](O)CNN1CCN(C)CC1. The topological polar surface area (TPSA) is 38.7 Å². The molecular weight excluding hydrogens is 154 g/mol. The van der Waals surface area contributed by atoms with E-state index in [0.717, 1.165) is 26.2 Å². The van der Waals surface area contributed by atoms with Gasteiger partial charge in [-0.25, -0.2) is 5.01 Å². The second-order valence-corrected chi connectivity index (χ2v) is 3.50. The molecule has 72 valence electrons. The quantitative estimate of drug-likeness (QED) is 0.581. The van der Waals surface area contributed by atoms with Gasteiger partial charge in [-0.3, -0.25) is 5.43 Å². The number of likely N-dealkylation sites (N-methyl/N-ethyl adjacent to an activating group) is 1. The number of aliphatic hydroxyl groups is 1. The van der Waals surface area contributed by atoms with Crippen LogP contribution in [0.2, 0.25) is 0 Å². The zero-order valence-electron chi connectivity index (χ0n) is 7.95. The molecule has 0 spiro atoms. The van der Waals surface area contributed by atoms with Gasteiger partial charge in [0.1, 0.15) is 0 Å². The molecule has 1 rings (SSSR count). The molecule has 1 aliphatic heterocycles. The Bertz CT molecular complexity index is 121. The van der Waals surface area contributed by atoms with Crippen molar-refractivity contribution >= 4 is 0 Å². The number of hydrogen-bond acceptors (Lipinski definition) is 4. The highest BCUT2D eigenvalue weighted by molar-refractivity contribution is 4.66. The van der Waals surface area contributed by atoms with Crippen LogP contribution in [0.4, 0.5) is 0 Å². The first-order valence-electron chi connectivity index (χ1n) is 4.53. The van der Waals surface area contributed by atoms with Crippen LogP contribution in [-0.2, 0) is 0 Å². The lowest BCUT2D eigenvalue weighted by atomic mass is 10.4. The fraction of sp³-hybridized carbons (Fsp3) is 1.00. The van der Waals surface area contributed by atoms with Gasteiger partial charge in [-0.05, 0) is 14.0 Å². The van der Waals surface area contributed by atoms with Gasteiger partial charge in [0.15, 0.2) is 0 Å². The Morgan fingerprint density at radius 2 is 1.92 bits per heavy atom. The molecule has 1 fully saturated rings. The third-order valence-electron chi connectivity index (χ3n) is 2.11. The van der Waals surface area contributed by atoms with E-state index in [-0.39, 0.29) is 6.10 Å². The predicted molar refractivity (Wildman–Crippen MR) is 48.8 cm³/mol.